The summed E-state index contributed by atoms with van der Waals surface area (Å²) in [5.41, 5.74) is 19.5. The van der Waals surface area contributed by atoms with E-state index < -0.39 is 5.41 Å². The molecule has 1 aliphatic rings. The SMILES string of the molecule is c1ccc(C2(c3ccccc3)c3ccccc3-c3ccc(-c4cc(-c5ccc(-c6ccc7oc8ccccc8c7c6)cc5)nc(-c5cccc(-c6ccc7oc8ccccc8c7c6)c5)n4)cc32)cc1. The molecule has 0 bridgehead atoms. The third-order valence-corrected chi connectivity index (χ3v) is 14.2. The molecule has 0 fully saturated rings. The molecule has 0 unspecified atom stereocenters. The molecular formula is C65H40N2O2. The van der Waals surface area contributed by atoms with E-state index in [0.29, 0.717) is 5.82 Å². The number of rotatable bonds is 7. The van der Waals surface area contributed by atoms with Gasteiger partial charge in [-0.1, -0.05) is 188 Å². The molecule has 14 rings (SSSR count). The van der Waals surface area contributed by atoms with Crippen LogP contribution < -0.4 is 0 Å². The van der Waals surface area contributed by atoms with Crippen LogP contribution >= 0.6 is 0 Å². The molecule has 10 aromatic carbocycles. The van der Waals surface area contributed by atoms with Crippen molar-refractivity contribution in [3.63, 3.8) is 0 Å². The second-order valence-electron chi connectivity index (χ2n) is 18.0. The summed E-state index contributed by atoms with van der Waals surface area (Å²) in [6, 6.07) is 86.5. The lowest BCUT2D eigenvalue weighted by Gasteiger charge is -2.34. The van der Waals surface area contributed by atoms with Crippen LogP contribution in [0.3, 0.4) is 0 Å². The second-order valence-corrected chi connectivity index (χ2v) is 18.0. The van der Waals surface area contributed by atoms with Gasteiger partial charge in [0, 0.05) is 38.2 Å². The highest BCUT2D eigenvalue weighted by molar-refractivity contribution is 6.07. The van der Waals surface area contributed by atoms with Gasteiger partial charge in [-0.05, 0) is 110 Å². The molecule has 0 saturated carbocycles. The van der Waals surface area contributed by atoms with Crippen LogP contribution in [0.2, 0.25) is 0 Å². The average molecular weight is 881 g/mol. The van der Waals surface area contributed by atoms with Gasteiger partial charge in [-0.25, -0.2) is 9.97 Å². The van der Waals surface area contributed by atoms with Gasteiger partial charge in [-0.3, -0.25) is 0 Å². The summed E-state index contributed by atoms with van der Waals surface area (Å²) in [6.45, 7) is 0. The molecule has 0 amide bonds. The summed E-state index contributed by atoms with van der Waals surface area (Å²) >= 11 is 0. The van der Waals surface area contributed by atoms with Crippen molar-refractivity contribution in [3.05, 3.63) is 265 Å². The van der Waals surface area contributed by atoms with Crippen LogP contribution in [0, 0.1) is 0 Å². The molecule has 4 nitrogen and oxygen atoms in total. The molecule has 0 aliphatic heterocycles. The maximum Gasteiger partial charge on any atom is 0.160 e. The highest BCUT2D eigenvalue weighted by atomic mass is 16.3. The molecule has 1 aliphatic carbocycles. The number of hydrogen-bond donors (Lipinski definition) is 0. The number of hydrogen-bond acceptors (Lipinski definition) is 4. The lowest BCUT2D eigenvalue weighted by Crippen LogP contribution is -2.28. The Kier molecular flexibility index (Phi) is 8.77. The zero-order valence-corrected chi connectivity index (χ0v) is 37.3. The van der Waals surface area contributed by atoms with Gasteiger partial charge in [0.25, 0.3) is 0 Å². The van der Waals surface area contributed by atoms with Crippen LogP contribution in [-0.4, -0.2) is 9.97 Å². The first-order valence-electron chi connectivity index (χ1n) is 23.4. The minimum Gasteiger partial charge on any atom is -0.456 e. The molecule has 69 heavy (non-hydrogen) atoms. The van der Waals surface area contributed by atoms with Gasteiger partial charge in [0.05, 0.1) is 16.8 Å². The van der Waals surface area contributed by atoms with Crippen LogP contribution in [0.4, 0.5) is 0 Å². The first-order chi connectivity index (χ1) is 34.2. The predicted molar refractivity (Wildman–Crippen MR) is 281 cm³/mol. The van der Waals surface area contributed by atoms with E-state index in [1.807, 2.05) is 24.3 Å². The van der Waals surface area contributed by atoms with E-state index in [0.717, 1.165) is 94.2 Å². The number of para-hydroxylation sites is 2. The fraction of sp³-hybridized carbons (Fsp3) is 0.0154. The highest BCUT2D eigenvalue weighted by Gasteiger charge is 2.46. The van der Waals surface area contributed by atoms with Gasteiger partial charge in [0.15, 0.2) is 5.82 Å². The molecule has 0 radical (unpaired) electrons. The Labute approximate surface area is 398 Å². The molecule has 0 saturated heterocycles. The Morgan fingerprint density at radius 2 is 0.754 bits per heavy atom. The molecular weight excluding hydrogens is 841 g/mol. The molecule has 4 heteroatoms. The van der Waals surface area contributed by atoms with Gasteiger partial charge in [-0.15, -0.1) is 0 Å². The van der Waals surface area contributed by atoms with E-state index in [-0.39, 0.29) is 0 Å². The lowest BCUT2D eigenvalue weighted by molar-refractivity contribution is 0.668. The molecule has 13 aromatic rings. The van der Waals surface area contributed by atoms with Crippen LogP contribution in [0.1, 0.15) is 22.3 Å². The van der Waals surface area contributed by atoms with Crippen molar-refractivity contribution in [2.75, 3.05) is 0 Å². The summed E-state index contributed by atoms with van der Waals surface area (Å²) < 4.78 is 12.3. The Balaban J connectivity index is 0.933. The summed E-state index contributed by atoms with van der Waals surface area (Å²) in [5, 5.41) is 4.43. The molecule has 3 aromatic heterocycles. The maximum atomic E-state index is 6.19. The average Bonchev–Trinajstić information content (AvgIpc) is 4.09. The first-order valence-corrected chi connectivity index (χ1v) is 23.4. The van der Waals surface area contributed by atoms with Crippen molar-refractivity contribution in [3.8, 4) is 67.3 Å². The van der Waals surface area contributed by atoms with Gasteiger partial charge in [-0.2, -0.15) is 0 Å². The van der Waals surface area contributed by atoms with Crippen molar-refractivity contribution < 1.29 is 8.83 Å². The van der Waals surface area contributed by atoms with E-state index in [1.165, 1.54) is 33.4 Å². The second kappa shape index (κ2) is 15.5. The Bertz CT molecular complexity index is 4090. The van der Waals surface area contributed by atoms with E-state index in [4.69, 9.17) is 18.8 Å². The van der Waals surface area contributed by atoms with Crippen LogP contribution in [0.15, 0.2) is 251 Å². The van der Waals surface area contributed by atoms with Crippen molar-refractivity contribution in [1.29, 1.82) is 0 Å². The monoisotopic (exact) mass is 880 g/mol. The number of benzene rings is 10. The summed E-state index contributed by atoms with van der Waals surface area (Å²) in [7, 11) is 0. The van der Waals surface area contributed by atoms with Crippen molar-refractivity contribution in [2.24, 2.45) is 0 Å². The molecule has 0 spiro atoms. The number of aromatic nitrogens is 2. The summed E-state index contributed by atoms with van der Waals surface area (Å²) in [4.78, 5) is 10.8. The fourth-order valence-corrected chi connectivity index (χ4v) is 11.0. The van der Waals surface area contributed by atoms with E-state index >= 15 is 0 Å². The minimum absolute atomic E-state index is 0.541. The normalized spacial score (nSPS) is 12.8. The van der Waals surface area contributed by atoms with Crippen molar-refractivity contribution in [2.45, 2.75) is 5.41 Å². The smallest absolute Gasteiger partial charge is 0.160 e. The van der Waals surface area contributed by atoms with E-state index in [2.05, 4.69) is 218 Å². The standard InChI is InChI=1S/C65H40N2O2/c1-3-16-48(17-4-1)65(49-18-5-2-6-19-49)56-23-10-7-20-50(56)51-33-30-46(39-57(51)65)59-40-58(42-28-26-41(27-29-42)44-31-34-62-54(37-44)52-21-8-11-24-60(52)68-62)66-64(67-59)47-15-13-14-43(36-47)45-32-35-63-55(38-45)53-22-9-12-25-61(53)69-63/h1-40H. The molecule has 322 valence electrons. The Morgan fingerprint density at radius 3 is 1.42 bits per heavy atom. The third kappa shape index (κ3) is 6.23. The zero-order valence-electron chi connectivity index (χ0n) is 37.3. The quantitative estimate of drug-likeness (QED) is 0.160. The van der Waals surface area contributed by atoms with Gasteiger partial charge in [0.2, 0.25) is 0 Å². The maximum absolute atomic E-state index is 6.19. The fourth-order valence-electron chi connectivity index (χ4n) is 11.0. The lowest BCUT2D eigenvalue weighted by atomic mass is 9.67. The van der Waals surface area contributed by atoms with Crippen molar-refractivity contribution >= 4 is 43.9 Å². The number of furan rings is 2. The van der Waals surface area contributed by atoms with Gasteiger partial charge < -0.3 is 8.83 Å². The van der Waals surface area contributed by atoms with Gasteiger partial charge >= 0.3 is 0 Å². The van der Waals surface area contributed by atoms with E-state index in [9.17, 15) is 0 Å². The minimum atomic E-state index is -0.541. The van der Waals surface area contributed by atoms with Crippen LogP contribution in [-0.2, 0) is 5.41 Å². The zero-order chi connectivity index (χ0) is 45.5. The molecule has 0 atom stereocenters. The Hall–Kier alpha value is -9.12. The molecule has 0 N–H and O–H groups in total. The number of fused-ring (bicyclic) bond motifs is 9. The predicted octanol–water partition coefficient (Wildman–Crippen LogP) is 17.0. The topological polar surface area (TPSA) is 52.1 Å². The van der Waals surface area contributed by atoms with Crippen molar-refractivity contribution in [1.82, 2.24) is 9.97 Å². The largest absolute Gasteiger partial charge is 0.456 e. The Morgan fingerprint density at radius 1 is 0.275 bits per heavy atom. The highest BCUT2D eigenvalue weighted by Crippen LogP contribution is 2.56. The van der Waals surface area contributed by atoms with E-state index in [1.54, 1.807) is 0 Å². The summed E-state index contributed by atoms with van der Waals surface area (Å²) in [5.74, 6) is 0.654. The number of nitrogens with zero attached hydrogens (tertiary/aromatic N) is 2. The van der Waals surface area contributed by atoms with Gasteiger partial charge in [0.1, 0.15) is 22.3 Å². The first kappa shape index (κ1) is 39.1. The molecule has 3 heterocycles. The third-order valence-electron chi connectivity index (χ3n) is 14.2. The summed E-state index contributed by atoms with van der Waals surface area (Å²) in [6.07, 6.45) is 0. The van der Waals surface area contributed by atoms with Crippen LogP contribution in [0.5, 0.6) is 0 Å². The van der Waals surface area contributed by atoms with Crippen LogP contribution in [0.25, 0.3) is 111 Å².